The fraction of sp³-hybridized carbons (Fsp3) is 0.240. The number of hydrogen-bond acceptors (Lipinski definition) is 4. The smallest absolute Gasteiger partial charge is 0.256 e. The minimum Gasteiger partial charge on any atom is -0.309 e. The summed E-state index contributed by atoms with van der Waals surface area (Å²) in [6, 6.07) is 18.9. The first-order valence-electron chi connectivity index (χ1n) is 10.7. The second-order valence-corrected chi connectivity index (χ2v) is 8.45. The van der Waals surface area contributed by atoms with Gasteiger partial charge in [0, 0.05) is 47.2 Å². The summed E-state index contributed by atoms with van der Waals surface area (Å²) in [4.78, 5) is 34.4. The molecule has 1 saturated heterocycles. The molecule has 1 fully saturated rings. The SMILES string of the molecule is O=C(CNCCc1ccncc1)N1CCN2C(=O)c3ccccc3C12c1ccc(Cl)cc1. The molecule has 7 heteroatoms. The fourth-order valence-electron chi connectivity index (χ4n) is 4.86. The van der Waals surface area contributed by atoms with Crippen LogP contribution in [-0.2, 0) is 16.9 Å². The minimum absolute atomic E-state index is 0.0401. The fourth-order valence-corrected chi connectivity index (χ4v) is 4.98. The first kappa shape index (κ1) is 20.7. The van der Waals surface area contributed by atoms with Crippen LogP contribution in [0.3, 0.4) is 0 Å². The van der Waals surface area contributed by atoms with E-state index in [0.29, 0.717) is 30.2 Å². The average molecular weight is 447 g/mol. The van der Waals surface area contributed by atoms with E-state index in [4.69, 9.17) is 11.6 Å². The lowest BCUT2D eigenvalue weighted by Crippen LogP contribution is -2.53. The number of nitrogens with zero attached hydrogens (tertiary/aromatic N) is 3. The number of halogens is 1. The Morgan fingerprint density at radius 1 is 1.03 bits per heavy atom. The van der Waals surface area contributed by atoms with Gasteiger partial charge >= 0.3 is 0 Å². The van der Waals surface area contributed by atoms with E-state index in [1.807, 2.05) is 70.5 Å². The molecule has 2 aliphatic rings. The lowest BCUT2D eigenvalue weighted by atomic mass is 9.90. The van der Waals surface area contributed by atoms with Crippen LogP contribution >= 0.6 is 11.6 Å². The van der Waals surface area contributed by atoms with Crippen molar-refractivity contribution in [1.29, 1.82) is 0 Å². The molecule has 162 valence electrons. The third-order valence-electron chi connectivity index (χ3n) is 6.27. The summed E-state index contributed by atoms with van der Waals surface area (Å²) >= 11 is 6.15. The molecule has 0 aliphatic carbocycles. The van der Waals surface area contributed by atoms with Crippen molar-refractivity contribution in [1.82, 2.24) is 20.1 Å². The molecule has 0 spiro atoms. The van der Waals surface area contributed by atoms with Crippen LogP contribution < -0.4 is 5.32 Å². The summed E-state index contributed by atoms with van der Waals surface area (Å²) < 4.78 is 0. The first-order valence-corrected chi connectivity index (χ1v) is 11.1. The monoisotopic (exact) mass is 446 g/mol. The van der Waals surface area contributed by atoms with Crippen LogP contribution in [0.15, 0.2) is 73.1 Å². The lowest BCUT2D eigenvalue weighted by molar-refractivity contribution is -0.135. The van der Waals surface area contributed by atoms with Crippen molar-refractivity contribution in [3.05, 3.63) is 100 Å². The highest BCUT2D eigenvalue weighted by atomic mass is 35.5. The number of aromatic nitrogens is 1. The normalized spacial score (nSPS) is 19.2. The average Bonchev–Trinajstić information content (AvgIpc) is 3.33. The van der Waals surface area contributed by atoms with Gasteiger partial charge in [0.15, 0.2) is 5.66 Å². The van der Waals surface area contributed by atoms with Crippen molar-refractivity contribution in [3.63, 3.8) is 0 Å². The van der Waals surface area contributed by atoms with Crippen LogP contribution in [0.1, 0.15) is 27.0 Å². The van der Waals surface area contributed by atoms with Gasteiger partial charge in [0.1, 0.15) is 0 Å². The maximum atomic E-state index is 13.5. The molecule has 2 aromatic carbocycles. The topological polar surface area (TPSA) is 65.5 Å². The van der Waals surface area contributed by atoms with E-state index < -0.39 is 5.66 Å². The third kappa shape index (κ3) is 3.27. The second kappa shape index (κ2) is 8.37. The highest BCUT2D eigenvalue weighted by Gasteiger charge is 2.59. The summed E-state index contributed by atoms with van der Waals surface area (Å²) in [7, 11) is 0. The van der Waals surface area contributed by atoms with Crippen LogP contribution in [0.5, 0.6) is 0 Å². The Morgan fingerprint density at radius 3 is 2.56 bits per heavy atom. The number of fused-ring (bicyclic) bond motifs is 3. The molecule has 1 N–H and O–H groups in total. The van der Waals surface area contributed by atoms with E-state index in [1.165, 1.54) is 5.56 Å². The molecular formula is C25H23ClN4O2. The maximum Gasteiger partial charge on any atom is 0.256 e. The number of carbonyl (C=O) groups is 2. The van der Waals surface area contributed by atoms with Crippen LogP contribution in [0.2, 0.25) is 5.02 Å². The zero-order valence-corrected chi connectivity index (χ0v) is 18.3. The molecule has 0 bridgehead atoms. The van der Waals surface area contributed by atoms with Gasteiger partial charge in [-0.25, -0.2) is 0 Å². The molecule has 32 heavy (non-hydrogen) atoms. The number of nitrogens with one attached hydrogen (secondary N) is 1. The van der Waals surface area contributed by atoms with Crippen molar-refractivity contribution in [2.75, 3.05) is 26.2 Å². The molecule has 6 nitrogen and oxygen atoms in total. The number of hydrogen-bond donors (Lipinski definition) is 1. The number of pyridine rings is 1. The minimum atomic E-state index is -0.942. The van der Waals surface area contributed by atoms with Gasteiger partial charge in [-0.1, -0.05) is 41.9 Å². The van der Waals surface area contributed by atoms with E-state index in [1.54, 1.807) is 12.4 Å². The predicted molar refractivity (Wildman–Crippen MR) is 122 cm³/mol. The molecule has 1 aromatic heterocycles. The number of carbonyl (C=O) groups excluding carboxylic acids is 2. The first-order chi connectivity index (χ1) is 15.6. The number of benzene rings is 2. The highest BCUT2D eigenvalue weighted by molar-refractivity contribution is 6.30. The van der Waals surface area contributed by atoms with Crippen molar-refractivity contribution in [2.24, 2.45) is 0 Å². The Morgan fingerprint density at radius 2 is 1.78 bits per heavy atom. The molecule has 3 heterocycles. The molecule has 2 amide bonds. The van der Waals surface area contributed by atoms with Gasteiger partial charge in [-0.2, -0.15) is 0 Å². The molecule has 1 atom stereocenters. The standard InChI is InChI=1S/C25H23ClN4O2/c26-20-7-5-19(6-8-20)25-22-4-2-1-3-21(22)24(32)30(25)16-15-29(25)23(31)17-28-14-11-18-9-12-27-13-10-18/h1-10,12-13,28H,11,14-17H2. The molecule has 0 saturated carbocycles. The van der Waals surface area contributed by atoms with Crippen LogP contribution in [0, 0.1) is 0 Å². The van der Waals surface area contributed by atoms with Gasteiger partial charge in [0.05, 0.1) is 6.54 Å². The van der Waals surface area contributed by atoms with Gasteiger partial charge < -0.3 is 15.1 Å². The molecular weight excluding hydrogens is 424 g/mol. The summed E-state index contributed by atoms with van der Waals surface area (Å²) in [5.74, 6) is -0.0850. The van der Waals surface area contributed by atoms with E-state index >= 15 is 0 Å². The van der Waals surface area contributed by atoms with Crippen molar-refractivity contribution < 1.29 is 9.59 Å². The predicted octanol–water partition coefficient (Wildman–Crippen LogP) is 3.07. The van der Waals surface area contributed by atoms with Gasteiger partial charge in [-0.15, -0.1) is 0 Å². The highest BCUT2D eigenvalue weighted by Crippen LogP contribution is 2.49. The quantitative estimate of drug-likeness (QED) is 0.591. The van der Waals surface area contributed by atoms with E-state index in [0.717, 1.165) is 17.5 Å². The van der Waals surface area contributed by atoms with Crippen molar-refractivity contribution in [2.45, 2.75) is 12.1 Å². The Balaban J connectivity index is 1.43. The zero-order valence-electron chi connectivity index (χ0n) is 17.5. The summed E-state index contributed by atoms with van der Waals surface area (Å²) in [5, 5.41) is 3.88. The summed E-state index contributed by atoms with van der Waals surface area (Å²) in [6.07, 6.45) is 4.35. The van der Waals surface area contributed by atoms with E-state index in [2.05, 4.69) is 10.3 Å². The molecule has 1 unspecified atom stereocenters. The Hall–Kier alpha value is -3.22. The van der Waals surface area contributed by atoms with E-state index in [-0.39, 0.29) is 18.4 Å². The van der Waals surface area contributed by atoms with Crippen LogP contribution in [-0.4, -0.2) is 52.8 Å². The molecule has 5 rings (SSSR count). The lowest BCUT2D eigenvalue weighted by Gasteiger charge is -2.40. The molecule has 3 aromatic rings. The largest absolute Gasteiger partial charge is 0.309 e. The Labute approximate surface area is 191 Å². The summed E-state index contributed by atoms with van der Waals surface area (Å²) in [5.41, 5.74) is 2.57. The molecule has 2 aliphatic heterocycles. The number of rotatable bonds is 6. The summed E-state index contributed by atoms with van der Waals surface area (Å²) in [6.45, 7) is 1.84. The van der Waals surface area contributed by atoms with Crippen LogP contribution in [0.4, 0.5) is 0 Å². The van der Waals surface area contributed by atoms with E-state index in [9.17, 15) is 9.59 Å². The van der Waals surface area contributed by atoms with Crippen molar-refractivity contribution >= 4 is 23.4 Å². The second-order valence-electron chi connectivity index (χ2n) is 8.01. The van der Waals surface area contributed by atoms with Gasteiger partial charge in [-0.3, -0.25) is 14.6 Å². The van der Waals surface area contributed by atoms with Gasteiger partial charge in [0.25, 0.3) is 5.91 Å². The van der Waals surface area contributed by atoms with Crippen molar-refractivity contribution in [3.8, 4) is 0 Å². The maximum absolute atomic E-state index is 13.5. The molecule has 0 radical (unpaired) electrons. The Kier molecular flexibility index (Phi) is 5.41. The van der Waals surface area contributed by atoms with Crippen LogP contribution in [0.25, 0.3) is 0 Å². The van der Waals surface area contributed by atoms with Gasteiger partial charge in [-0.05, 0) is 48.9 Å². The number of amides is 2. The van der Waals surface area contributed by atoms with Gasteiger partial charge in [0.2, 0.25) is 5.91 Å². The Bertz CT molecular complexity index is 1150. The third-order valence-corrected chi connectivity index (χ3v) is 6.52. The zero-order chi connectivity index (χ0) is 22.1.